The summed E-state index contributed by atoms with van der Waals surface area (Å²) in [4.78, 5) is 12.2. The molecule has 1 nitrogen and oxygen atoms in total. The Labute approximate surface area is 77.4 Å². The van der Waals surface area contributed by atoms with Crippen LogP contribution in [0.5, 0.6) is 0 Å². The highest BCUT2D eigenvalue weighted by Crippen LogP contribution is 2.17. The molecule has 0 radical (unpaired) electrons. The predicted octanol–water partition coefficient (Wildman–Crippen LogP) is 3.29. The number of Topliss-reactive ketones (excluding diaryl/α,β-unsaturated/α-hetero) is 1. The molecule has 0 spiro atoms. The number of hydrogen-bond donors (Lipinski definition) is 0. The summed E-state index contributed by atoms with van der Waals surface area (Å²) in [6, 6.07) is 2.03. The van der Waals surface area contributed by atoms with E-state index >= 15 is 0 Å². The first kappa shape index (κ1) is 9.46. The predicted molar refractivity (Wildman–Crippen MR) is 52.9 cm³/mol. The van der Waals surface area contributed by atoms with E-state index < -0.39 is 0 Å². The van der Waals surface area contributed by atoms with Crippen molar-refractivity contribution in [2.75, 3.05) is 0 Å². The molecule has 0 saturated heterocycles. The minimum absolute atomic E-state index is 0.266. The Balaban J connectivity index is 2.70. The lowest BCUT2D eigenvalue weighted by molar-refractivity contribution is 0.0992. The lowest BCUT2D eigenvalue weighted by atomic mass is 10.1. The van der Waals surface area contributed by atoms with Gasteiger partial charge in [0.2, 0.25) is 0 Å². The van der Waals surface area contributed by atoms with Crippen molar-refractivity contribution in [3.63, 3.8) is 0 Å². The summed E-state index contributed by atoms with van der Waals surface area (Å²) in [7, 11) is 0. The van der Waals surface area contributed by atoms with Crippen LogP contribution in [0.3, 0.4) is 0 Å². The van der Waals surface area contributed by atoms with Gasteiger partial charge in [-0.05, 0) is 23.4 Å². The van der Waals surface area contributed by atoms with Gasteiger partial charge in [-0.25, -0.2) is 0 Å². The fourth-order valence-corrected chi connectivity index (χ4v) is 2.08. The molecule has 0 bridgehead atoms. The number of ketones is 1. The Kier molecular flexibility index (Phi) is 3.48. The van der Waals surface area contributed by atoms with Crippen LogP contribution in [0.15, 0.2) is 11.4 Å². The van der Waals surface area contributed by atoms with Crippen LogP contribution in [0.25, 0.3) is 0 Å². The van der Waals surface area contributed by atoms with Crippen LogP contribution >= 0.6 is 11.3 Å². The molecule has 0 atom stereocenters. The Bertz CT molecular complexity index is 263. The molecule has 0 amide bonds. The van der Waals surface area contributed by atoms with Crippen LogP contribution in [0.4, 0.5) is 0 Å². The van der Waals surface area contributed by atoms with E-state index in [-0.39, 0.29) is 5.78 Å². The Morgan fingerprint density at radius 2 is 2.25 bits per heavy atom. The number of hydrogen-bond acceptors (Lipinski definition) is 2. The van der Waals surface area contributed by atoms with Crippen molar-refractivity contribution < 1.29 is 4.79 Å². The summed E-state index contributed by atoms with van der Waals surface area (Å²) in [5.41, 5.74) is 1.30. The molecule has 0 aliphatic heterocycles. The molecule has 0 fully saturated rings. The molecule has 0 saturated carbocycles. The SMILES string of the molecule is CCCc1csc(C(=O)CC)c1. The zero-order valence-corrected chi connectivity index (χ0v) is 8.41. The van der Waals surface area contributed by atoms with Crippen LogP contribution in [-0.2, 0) is 6.42 Å². The third kappa shape index (κ3) is 2.18. The molecule has 12 heavy (non-hydrogen) atoms. The van der Waals surface area contributed by atoms with Crippen molar-refractivity contribution in [1.29, 1.82) is 0 Å². The molecular weight excluding hydrogens is 168 g/mol. The molecule has 0 N–H and O–H groups in total. The monoisotopic (exact) mass is 182 g/mol. The lowest BCUT2D eigenvalue weighted by Gasteiger charge is -1.90. The van der Waals surface area contributed by atoms with Crippen molar-refractivity contribution in [3.8, 4) is 0 Å². The zero-order chi connectivity index (χ0) is 8.97. The molecule has 0 aliphatic rings. The van der Waals surface area contributed by atoms with Gasteiger partial charge >= 0.3 is 0 Å². The van der Waals surface area contributed by atoms with Crippen LogP contribution in [0.1, 0.15) is 41.9 Å². The van der Waals surface area contributed by atoms with Crippen LogP contribution in [-0.4, -0.2) is 5.78 Å². The van der Waals surface area contributed by atoms with Gasteiger partial charge in [0.25, 0.3) is 0 Å². The van der Waals surface area contributed by atoms with E-state index in [1.807, 2.05) is 13.0 Å². The molecule has 1 heterocycles. The maximum Gasteiger partial charge on any atom is 0.172 e. The summed E-state index contributed by atoms with van der Waals surface area (Å²) < 4.78 is 0. The first-order chi connectivity index (χ1) is 5.77. The average molecular weight is 182 g/mol. The zero-order valence-electron chi connectivity index (χ0n) is 7.59. The van der Waals surface area contributed by atoms with Gasteiger partial charge in [-0.1, -0.05) is 20.3 Å². The average Bonchev–Trinajstić information content (AvgIpc) is 2.52. The van der Waals surface area contributed by atoms with Gasteiger partial charge in [-0.2, -0.15) is 0 Å². The lowest BCUT2D eigenvalue weighted by Crippen LogP contribution is -1.91. The van der Waals surface area contributed by atoms with Crippen LogP contribution < -0.4 is 0 Å². The van der Waals surface area contributed by atoms with E-state index in [9.17, 15) is 4.79 Å². The van der Waals surface area contributed by atoms with Crippen molar-refractivity contribution >= 4 is 17.1 Å². The van der Waals surface area contributed by atoms with Crippen molar-refractivity contribution in [1.82, 2.24) is 0 Å². The third-order valence-corrected chi connectivity index (χ3v) is 2.81. The van der Waals surface area contributed by atoms with Crippen molar-refractivity contribution in [3.05, 3.63) is 21.9 Å². The summed E-state index contributed by atoms with van der Waals surface area (Å²) >= 11 is 1.57. The molecule has 0 aromatic carbocycles. The quantitative estimate of drug-likeness (QED) is 0.653. The molecule has 1 aromatic rings. The highest BCUT2D eigenvalue weighted by molar-refractivity contribution is 7.12. The normalized spacial score (nSPS) is 10.2. The minimum atomic E-state index is 0.266. The number of carbonyl (C=O) groups is 1. The second-order valence-electron chi connectivity index (χ2n) is 2.85. The van der Waals surface area contributed by atoms with Gasteiger partial charge in [0.05, 0.1) is 4.88 Å². The Hall–Kier alpha value is -0.630. The highest BCUT2D eigenvalue weighted by atomic mass is 32.1. The third-order valence-electron chi connectivity index (χ3n) is 1.79. The number of aryl methyl sites for hydroxylation is 1. The molecule has 0 aliphatic carbocycles. The van der Waals surface area contributed by atoms with Gasteiger partial charge in [-0.3, -0.25) is 4.79 Å². The minimum Gasteiger partial charge on any atom is -0.293 e. The molecule has 1 aromatic heterocycles. The van der Waals surface area contributed by atoms with E-state index in [0.717, 1.165) is 17.7 Å². The summed E-state index contributed by atoms with van der Waals surface area (Å²) in [5, 5.41) is 2.09. The van der Waals surface area contributed by atoms with Gasteiger partial charge in [0, 0.05) is 6.42 Å². The number of rotatable bonds is 4. The van der Waals surface area contributed by atoms with Crippen LogP contribution in [0, 0.1) is 0 Å². The molecule has 2 heteroatoms. The Morgan fingerprint density at radius 3 is 2.83 bits per heavy atom. The van der Waals surface area contributed by atoms with Gasteiger partial charge in [0.15, 0.2) is 5.78 Å². The second kappa shape index (κ2) is 4.41. The molecule has 0 unspecified atom stereocenters. The summed E-state index contributed by atoms with van der Waals surface area (Å²) in [5.74, 6) is 0.266. The first-order valence-corrected chi connectivity index (χ1v) is 5.26. The smallest absolute Gasteiger partial charge is 0.172 e. The number of thiophene rings is 1. The molecule has 1 rings (SSSR count). The van der Waals surface area contributed by atoms with Gasteiger partial charge < -0.3 is 0 Å². The van der Waals surface area contributed by atoms with E-state index in [4.69, 9.17) is 0 Å². The number of carbonyl (C=O) groups excluding carboxylic acids is 1. The maximum absolute atomic E-state index is 11.2. The maximum atomic E-state index is 11.2. The largest absolute Gasteiger partial charge is 0.293 e. The topological polar surface area (TPSA) is 17.1 Å². The van der Waals surface area contributed by atoms with E-state index in [1.54, 1.807) is 11.3 Å². The second-order valence-corrected chi connectivity index (χ2v) is 3.76. The Morgan fingerprint density at radius 1 is 1.50 bits per heavy atom. The molecular formula is C10H14OS. The van der Waals surface area contributed by atoms with Gasteiger partial charge in [0.1, 0.15) is 0 Å². The summed E-state index contributed by atoms with van der Waals surface area (Å²) in [6.07, 6.45) is 2.86. The van der Waals surface area contributed by atoms with Crippen molar-refractivity contribution in [2.24, 2.45) is 0 Å². The van der Waals surface area contributed by atoms with E-state index in [0.29, 0.717) is 6.42 Å². The fraction of sp³-hybridized carbons (Fsp3) is 0.500. The van der Waals surface area contributed by atoms with Gasteiger partial charge in [-0.15, -0.1) is 11.3 Å². The van der Waals surface area contributed by atoms with Crippen molar-refractivity contribution in [2.45, 2.75) is 33.1 Å². The highest BCUT2D eigenvalue weighted by Gasteiger charge is 2.05. The van der Waals surface area contributed by atoms with Crippen LogP contribution in [0.2, 0.25) is 0 Å². The molecule has 66 valence electrons. The first-order valence-electron chi connectivity index (χ1n) is 4.38. The fourth-order valence-electron chi connectivity index (χ4n) is 1.12. The standard InChI is InChI=1S/C10H14OS/c1-3-5-8-6-10(12-7-8)9(11)4-2/h6-7H,3-5H2,1-2H3. The van der Waals surface area contributed by atoms with E-state index in [1.165, 1.54) is 5.56 Å². The summed E-state index contributed by atoms with van der Waals surface area (Å²) in [6.45, 7) is 4.06. The van der Waals surface area contributed by atoms with E-state index in [2.05, 4.69) is 12.3 Å².